The summed E-state index contributed by atoms with van der Waals surface area (Å²) in [4.78, 5) is 17.3. The van der Waals surface area contributed by atoms with Gasteiger partial charge in [0.15, 0.2) is 5.82 Å². The third kappa shape index (κ3) is 2.62. The van der Waals surface area contributed by atoms with E-state index in [4.69, 9.17) is 0 Å². The average molecular weight is 262 g/mol. The molecule has 0 radical (unpaired) electrons. The van der Waals surface area contributed by atoms with Gasteiger partial charge >= 0.3 is 0 Å². The van der Waals surface area contributed by atoms with E-state index in [1.54, 1.807) is 17.9 Å². The molecule has 0 N–H and O–H groups in total. The Balaban J connectivity index is 1.55. The van der Waals surface area contributed by atoms with Crippen molar-refractivity contribution in [3.8, 4) is 0 Å². The van der Waals surface area contributed by atoms with Crippen LogP contribution in [0.4, 0.5) is 5.95 Å². The summed E-state index contributed by atoms with van der Waals surface area (Å²) in [5.41, 5.74) is 1.78. The van der Waals surface area contributed by atoms with Crippen molar-refractivity contribution < 1.29 is 0 Å². The second-order valence-electron chi connectivity index (χ2n) is 4.16. The van der Waals surface area contributed by atoms with E-state index in [1.165, 1.54) is 11.5 Å². The summed E-state index contributed by atoms with van der Waals surface area (Å²) in [5, 5.41) is 0. The molecule has 94 valence electrons. The van der Waals surface area contributed by atoms with Crippen molar-refractivity contribution in [2.75, 3.05) is 31.1 Å². The van der Waals surface area contributed by atoms with E-state index < -0.39 is 0 Å². The SMILES string of the molecule is c1cnc(N2CCN(Cc3ncsn3)CC2)nc1. The lowest BCUT2D eigenvalue weighted by Gasteiger charge is -2.33. The molecule has 1 aliphatic rings. The molecule has 1 fully saturated rings. The molecule has 0 aliphatic carbocycles. The molecule has 1 saturated heterocycles. The lowest BCUT2D eigenvalue weighted by Crippen LogP contribution is -2.46. The maximum atomic E-state index is 4.28. The normalized spacial score (nSPS) is 17.0. The fourth-order valence-electron chi connectivity index (χ4n) is 2.02. The number of anilines is 1. The van der Waals surface area contributed by atoms with E-state index in [2.05, 4.69) is 29.1 Å². The lowest BCUT2D eigenvalue weighted by atomic mass is 10.3. The van der Waals surface area contributed by atoms with Crippen molar-refractivity contribution in [1.29, 1.82) is 0 Å². The van der Waals surface area contributed by atoms with Crippen molar-refractivity contribution in [2.24, 2.45) is 0 Å². The van der Waals surface area contributed by atoms with E-state index in [-0.39, 0.29) is 0 Å². The van der Waals surface area contributed by atoms with Crippen molar-refractivity contribution in [3.05, 3.63) is 29.8 Å². The van der Waals surface area contributed by atoms with Crippen LogP contribution in [-0.4, -0.2) is 50.4 Å². The van der Waals surface area contributed by atoms with Gasteiger partial charge in [-0.15, -0.1) is 0 Å². The first-order valence-electron chi connectivity index (χ1n) is 5.91. The van der Waals surface area contributed by atoms with Gasteiger partial charge in [0.25, 0.3) is 0 Å². The lowest BCUT2D eigenvalue weighted by molar-refractivity contribution is 0.244. The van der Waals surface area contributed by atoms with Crippen molar-refractivity contribution in [3.63, 3.8) is 0 Å². The van der Waals surface area contributed by atoms with Gasteiger partial charge in [-0.25, -0.2) is 15.0 Å². The van der Waals surface area contributed by atoms with Crippen molar-refractivity contribution in [1.82, 2.24) is 24.2 Å². The molecule has 7 heteroatoms. The third-order valence-corrected chi connectivity index (χ3v) is 3.50. The van der Waals surface area contributed by atoms with Crippen molar-refractivity contribution >= 4 is 17.5 Å². The summed E-state index contributed by atoms with van der Waals surface area (Å²) in [7, 11) is 0. The zero-order chi connectivity index (χ0) is 12.2. The van der Waals surface area contributed by atoms with Gasteiger partial charge in [-0.1, -0.05) is 0 Å². The molecule has 0 bridgehead atoms. The third-order valence-electron chi connectivity index (χ3n) is 2.98. The van der Waals surface area contributed by atoms with Gasteiger partial charge in [-0.05, 0) is 17.6 Å². The van der Waals surface area contributed by atoms with Gasteiger partial charge in [-0.2, -0.15) is 4.37 Å². The highest BCUT2D eigenvalue weighted by Gasteiger charge is 2.19. The zero-order valence-corrected chi connectivity index (χ0v) is 10.8. The van der Waals surface area contributed by atoms with Gasteiger partial charge in [-0.3, -0.25) is 4.90 Å². The van der Waals surface area contributed by atoms with Gasteiger partial charge in [0, 0.05) is 38.6 Å². The number of rotatable bonds is 3. The van der Waals surface area contributed by atoms with E-state index in [0.29, 0.717) is 0 Å². The highest BCUT2D eigenvalue weighted by molar-refractivity contribution is 7.03. The highest BCUT2D eigenvalue weighted by atomic mass is 32.1. The molecule has 6 nitrogen and oxygen atoms in total. The molecule has 3 rings (SSSR count). The predicted molar refractivity (Wildman–Crippen MR) is 69.4 cm³/mol. The molecule has 3 heterocycles. The Kier molecular flexibility index (Phi) is 3.42. The van der Waals surface area contributed by atoms with Crippen LogP contribution in [0.1, 0.15) is 5.82 Å². The van der Waals surface area contributed by atoms with E-state index in [0.717, 1.165) is 44.5 Å². The molecule has 0 atom stereocenters. The fourth-order valence-corrected chi connectivity index (χ4v) is 2.47. The number of piperazine rings is 1. The molecule has 18 heavy (non-hydrogen) atoms. The summed E-state index contributed by atoms with van der Waals surface area (Å²) >= 11 is 1.41. The number of hydrogen-bond acceptors (Lipinski definition) is 7. The second-order valence-corrected chi connectivity index (χ2v) is 4.76. The van der Waals surface area contributed by atoms with Crippen LogP contribution >= 0.6 is 11.5 Å². The molecule has 2 aromatic heterocycles. The maximum Gasteiger partial charge on any atom is 0.225 e. The summed E-state index contributed by atoms with van der Waals surface area (Å²) < 4.78 is 4.24. The molecule has 0 spiro atoms. The molecule has 0 saturated carbocycles. The van der Waals surface area contributed by atoms with Crippen LogP contribution < -0.4 is 4.90 Å². The summed E-state index contributed by atoms with van der Waals surface area (Å²) in [5.74, 6) is 1.74. The Morgan fingerprint density at radius 1 is 1.06 bits per heavy atom. The van der Waals surface area contributed by atoms with E-state index >= 15 is 0 Å². The monoisotopic (exact) mass is 262 g/mol. The fraction of sp³-hybridized carbons (Fsp3) is 0.455. The summed E-state index contributed by atoms with van der Waals surface area (Å²) in [6.07, 6.45) is 3.57. The minimum Gasteiger partial charge on any atom is -0.338 e. The summed E-state index contributed by atoms with van der Waals surface area (Å²) in [6.45, 7) is 4.74. The zero-order valence-electron chi connectivity index (χ0n) is 9.94. The van der Waals surface area contributed by atoms with Crippen LogP contribution in [0.5, 0.6) is 0 Å². The van der Waals surface area contributed by atoms with Crippen LogP contribution in [0.2, 0.25) is 0 Å². The van der Waals surface area contributed by atoms with Gasteiger partial charge in [0.1, 0.15) is 5.51 Å². The first-order chi connectivity index (χ1) is 8.92. The molecule has 0 unspecified atom stereocenters. The first-order valence-corrected chi connectivity index (χ1v) is 6.75. The van der Waals surface area contributed by atoms with Crippen LogP contribution in [0, 0.1) is 0 Å². The number of aromatic nitrogens is 4. The van der Waals surface area contributed by atoms with Crippen LogP contribution in [0.3, 0.4) is 0 Å². The smallest absolute Gasteiger partial charge is 0.225 e. The molecule has 0 aromatic carbocycles. The van der Waals surface area contributed by atoms with Crippen LogP contribution in [-0.2, 0) is 6.54 Å². The summed E-state index contributed by atoms with van der Waals surface area (Å²) in [6, 6.07) is 1.84. The maximum absolute atomic E-state index is 4.28. The second kappa shape index (κ2) is 5.36. The number of hydrogen-bond donors (Lipinski definition) is 0. The Hall–Kier alpha value is -1.60. The van der Waals surface area contributed by atoms with E-state index in [9.17, 15) is 0 Å². The Bertz CT molecular complexity index is 466. The quantitative estimate of drug-likeness (QED) is 0.809. The topological polar surface area (TPSA) is 58.0 Å². The molecular weight excluding hydrogens is 248 g/mol. The Morgan fingerprint density at radius 2 is 1.83 bits per heavy atom. The minimum atomic E-state index is 0.823. The Labute approximate surface area is 109 Å². The number of nitrogens with zero attached hydrogens (tertiary/aromatic N) is 6. The van der Waals surface area contributed by atoms with Gasteiger partial charge in [0.2, 0.25) is 5.95 Å². The van der Waals surface area contributed by atoms with Crippen LogP contribution in [0.15, 0.2) is 24.0 Å². The first kappa shape index (κ1) is 11.5. The van der Waals surface area contributed by atoms with E-state index in [1.807, 2.05) is 6.07 Å². The van der Waals surface area contributed by atoms with Gasteiger partial charge in [0.05, 0.1) is 6.54 Å². The average Bonchev–Trinajstić information content (AvgIpc) is 2.94. The van der Waals surface area contributed by atoms with Crippen molar-refractivity contribution in [2.45, 2.75) is 6.54 Å². The minimum absolute atomic E-state index is 0.823. The molecular formula is C11H14N6S. The largest absolute Gasteiger partial charge is 0.338 e. The van der Waals surface area contributed by atoms with Crippen LogP contribution in [0.25, 0.3) is 0 Å². The molecule has 0 amide bonds. The Morgan fingerprint density at radius 3 is 2.50 bits per heavy atom. The standard InChI is InChI=1S/C11H14N6S/c1-2-12-11(13-3-1)17-6-4-16(5-7-17)8-10-14-9-18-15-10/h1-3,9H,4-8H2. The van der Waals surface area contributed by atoms with Gasteiger partial charge < -0.3 is 4.90 Å². The molecule has 1 aliphatic heterocycles. The predicted octanol–water partition coefficient (Wildman–Crippen LogP) is 0.650. The molecule has 2 aromatic rings. The highest BCUT2D eigenvalue weighted by Crippen LogP contribution is 2.11.